The van der Waals surface area contributed by atoms with Crippen LogP contribution in [0.15, 0.2) is 134 Å². The number of fused-ring (bicyclic) bond motifs is 2. The van der Waals surface area contributed by atoms with Gasteiger partial charge in [-0.25, -0.2) is 14.4 Å². The number of rotatable bonds is 9. The van der Waals surface area contributed by atoms with Crippen molar-refractivity contribution in [2.45, 2.75) is 6.92 Å². The molecule has 0 atom stereocenters. The lowest BCUT2D eigenvalue weighted by molar-refractivity contribution is 0.388. The number of para-hydroxylation sites is 2. The second-order valence-corrected chi connectivity index (χ2v) is 12.3. The van der Waals surface area contributed by atoms with Gasteiger partial charge in [0.2, 0.25) is 0 Å². The van der Waals surface area contributed by atoms with Gasteiger partial charge in [-0.05, 0) is 85.3 Å². The Morgan fingerprint density at radius 2 is 1.21 bits per heavy atom. The van der Waals surface area contributed by atoms with Crippen molar-refractivity contribution in [2.24, 2.45) is 0 Å². The number of benzene rings is 4. The van der Waals surface area contributed by atoms with Gasteiger partial charge in [0.25, 0.3) is 0 Å². The number of aryl methyl sites for hydroxylation is 1. The van der Waals surface area contributed by atoms with E-state index < -0.39 is 5.82 Å². The molecule has 0 aliphatic carbocycles. The number of hydrogen-bond acceptors (Lipinski definition) is 8. The van der Waals surface area contributed by atoms with Crippen LogP contribution in [-0.4, -0.2) is 34.2 Å². The first kappa shape index (κ1) is 32.3. The number of anilines is 4. The topological polar surface area (TPSA) is 94.1 Å². The molecule has 0 spiro atoms. The van der Waals surface area contributed by atoms with E-state index in [1.54, 1.807) is 25.7 Å². The van der Waals surface area contributed by atoms with Gasteiger partial charge in [-0.2, -0.15) is 0 Å². The molecule has 0 fully saturated rings. The van der Waals surface area contributed by atoms with E-state index in [1.165, 1.54) is 13.2 Å². The van der Waals surface area contributed by atoms with Gasteiger partial charge in [-0.1, -0.05) is 36.4 Å². The predicted octanol–water partition coefficient (Wildman–Crippen LogP) is 10.5. The maximum Gasteiger partial charge on any atom is 0.167 e. The molecule has 0 amide bonds. The maximum absolute atomic E-state index is 15.9. The molecule has 0 radical (unpaired) electrons. The average Bonchev–Trinajstić information content (AvgIpc) is 3.18. The monoisotopic (exact) mass is 684 g/mol. The summed E-state index contributed by atoms with van der Waals surface area (Å²) < 4.78 is 26.9. The average molecular weight is 685 g/mol. The molecule has 2 N–H and O–H groups in total. The van der Waals surface area contributed by atoms with Gasteiger partial charge in [-0.3, -0.25) is 9.97 Å². The molecule has 0 aliphatic rings. The molecule has 0 saturated carbocycles. The minimum Gasteiger partial charge on any atom is -0.496 e. The zero-order chi connectivity index (χ0) is 35.6. The minimum absolute atomic E-state index is 0.0935. The van der Waals surface area contributed by atoms with Gasteiger partial charge in [-0.15, -0.1) is 0 Å². The van der Waals surface area contributed by atoms with Crippen molar-refractivity contribution in [3.8, 4) is 45.3 Å². The molecule has 0 unspecified atom stereocenters. The van der Waals surface area contributed by atoms with Gasteiger partial charge in [0, 0.05) is 63.5 Å². The van der Waals surface area contributed by atoms with Crippen LogP contribution in [0.1, 0.15) is 5.56 Å². The molecule has 8 nitrogen and oxygen atoms in total. The second-order valence-electron chi connectivity index (χ2n) is 12.3. The fourth-order valence-electron chi connectivity index (χ4n) is 6.44. The molecular formula is C43H33FN6O2. The number of methoxy groups -OCH3 is 2. The number of nitrogens with zero attached hydrogens (tertiary/aromatic N) is 4. The predicted molar refractivity (Wildman–Crippen MR) is 206 cm³/mol. The summed E-state index contributed by atoms with van der Waals surface area (Å²) in [4.78, 5) is 18.7. The van der Waals surface area contributed by atoms with Crippen LogP contribution in [0, 0.1) is 12.7 Å². The largest absolute Gasteiger partial charge is 0.496 e. The third-order valence-electron chi connectivity index (χ3n) is 8.94. The van der Waals surface area contributed by atoms with E-state index in [0.717, 1.165) is 72.7 Å². The Bertz CT molecular complexity index is 2600. The number of hydrogen-bond donors (Lipinski definition) is 2. The molecule has 0 aliphatic heterocycles. The van der Waals surface area contributed by atoms with Crippen LogP contribution in [0.3, 0.4) is 0 Å². The number of nitrogens with one attached hydrogen (secondary N) is 2. The van der Waals surface area contributed by atoms with Crippen LogP contribution < -0.4 is 20.1 Å². The number of pyridine rings is 4. The van der Waals surface area contributed by atoms with Crippen molar-refractivity contribution >= 4 is 44.6 Å². The van der Waals surface area contributed by atoms with E-state index in [-0.39, 0.29) is 5.75 Å². The van der Waals surface area contributed by atoms with Crippen molar-refractivity contribution in [1.29, 1.82) is 0 Å². The van der Waals surface area contributed by atoms with E-state index in [1.807, 2.05) is 110 Å². The molecule has 52 heavy (non-hydrogen) atoms. The minimum atomic E-state index is -0.521. The third kappa shape index (κ3) is 6.31. The lowest BCUT2D eigenvalue weighted by Crippen LogP contribution is -2.00. The zero-order valence-electron chi connectivity index (χ0n) is 28.7. The van der Waals surface area contributed by atoms with Gasteiger partial charge in [0.1, 0.15) is 5.75 Å². The molecule has 8 rings (SSSR count). The van der Waals surface area contributed by atoms with Crippen molar-refractivity contribution in [3.63, 3.8) is 0 Å². The van der Waals surface area contributed by atoms with E-state index in [9.17, 15) is 0 Å². The van der Waals surface area contributed by atoms with E-state index in [0.29, 0.717) is 16.9 Å². The van der Waals surface area contributed by atoms with E-state index in [4.69, 9.17) is 19.4 Å². The molecule has 0 saturated heterocycles. The summed E-state index contributed by atoms with van der Waals surface area (Å²) in [5.74, 6) is 0.397. The summed E-state index contributed by atoms with van der Waals surface area (Å²) in [7, 11) is 3.13. The summed E-state index contributed by atoms with van der Waals surface area (Å²) in [5, 5.41) is 8.92. The Morgan fingerprint density at radius 1 is 0.577 bits per heavy atom. The van der Waals surface area contributed by atoms with Crippen LogP contribution in [-0.2, 0) is 0 Å². The Kier molecular flexibility index (Phi) is 8.58. The van der Waals surface area contributed by atoms with Crippen LogP contribution in [0.4, 0.5) is 27.1 Å². The fourth-order valence-corrected chi connectivity index (χ4v) is 6.44. The summed E-state index contributed by atoms with van der Waals surface area (Å²) in [6.45, 7) is 2.01. The van der Waals surface area contributed by atoms with Gasteiger partial charge >= 0.3 is 0 Å². The molecule has 9 heteroatoms. The molecule has 4 aromatic heterocycles. The number of aromatic nitrogens is 4. The Balaban J connectivity index is 1.19. The Hall–Kier alpha value is -6.87. The lowest BCUT2D eigenvalue weighted by Gasteiger charge is -2.16. The van der Waals surface area contributed by atoms with Crippen molar-refractivity contribution in [3.05, 3.63) is 145 Å². The van der Waals surface area contributed by atoms with Gasteiger partial charge in [0.05, 0.1) is 53.7 Å². The Morgan fingerprint density at radius 3 is 1.87 bits per heavy atom. The number of halogens is 1. The lowest BCUT2D eigenvalue weighted by atomic mass is 10.0. The maximum atomic E-state index is 15.9. The molecule has 254 valence electrons. The fraction of sp³-hybridized carbons (Fsp3) is 0.0698. The highest BCUT2D eigenvalue weighted by molar-refractivity contribution is 5.97. The van der Waals surface area contributed by atoms with Crippen LogP contribution in [0.25, 0.3) is 55.6 Å². The van der Waals surface area contributed by atoms with Gasteiger partial charge in [0.15, 0.2) is 11.6 Å². The highest BCUT2D eigenvalue weighted by atomic mass is 19.1. The van der Waals surface area contributed by atoms with Crippen LogP contribution in [0.5, 0.6) is 11.5 Å². The first-order valence-corrected chi connectivity index (χ1v) is 16.7. The third-order valence-corrected chi connectivity index (χ3v) is 8.94. The molecule has 4 aromatic carbocycles. The summed E-state index contributed by atoms with van der Waals surface area (Å²) >= 11 is 0. The normalized spacial score (nSPS) is 11.1. The van der Waals surface area contributed by atoms with Crippen molar-refractivity contribution < 1.29 is 13.9 Å². The highest BCUT2D eigenvalue weighted by Crippen LogP contribution is 2.39. The van der Waals surface area contributed by atoms with Crippen molar-refractivity contribution in [2.75, 3.05) is 24.9 Å². The first-order valence-electron chi connectivity index (χ1n) is 16.7. The van der Waals surface area contributed by atoms with E-state index in [2.05, 4.69) is 26.7 Å². The molecule has 4 heterocycles. The summed E-state index contributed by atoms with van der Waals surface area (Å²) in [6.07, 6.45) is 5.17. The molecule has 8 aromatic rings. The Labute approximate surface area is 300 Å². The standard InChI is InChI=1S/C43H33FN6O2/c1-26-20-29(12-13-42(26)51-2)47-40-25-38(50-36-11-7-4-8-31(36)40)28-16-19-46-39(21-28)33-22-30(23-34(44)43(33)52-3)48-41-24-37(27-14-17-45-18-15-27)49-35-10-6-5-9-32(35)41/h4-25H,1-3H3,(H,47,50)(H,48,49). The number of ether oxygens (including phenoxy) is 2. The van der Waals surface area contributed by atoms with E-state index >= 15 is 4.39 Å². The second kappa shape index (κ2) is 13.8. The smallest absolute Gasteiger partial charge is 0.167 e. The summed E-state index contributed by atoms with van der Waals surface area (Å²) in [6, 6.07) is 36.7. The molecule has 0 bridgehead atoms. The van der Waals surface area contributed by atoms with Crippen LogP contribution in [0.2, 0.25) is 0 Å². The highest BCUT2D eigenvalue weighted by Gasteiger charge is 2.18. The zero-order valence-corrected chi connectivity index (χ0v) is 28.7. The SMILES string of the molecule is COc1ccc(Nc2cc(-c3ccnc(-c4cc(Nc5cc(-c6ccncc6)nc6ccccc56)cc(F)c4OC)c3)nc3ccccc23)cc1C. The quantitative estimate of drug-likeness (QED) is 0.155. The molecular weight excluding hydrogens is 652 g/mol. The van der Waals surface area contributed by atoms with Crippen molar-refractivity contribution in [1.82, 2.24) is 19.9 Å². The summed E-state index contributed by atoms with van der Waals surface area (Å²) in [5.41, 5.74) is 10.1. The first-order chi connectivity index (χ1) is 25.5. The van der Waals surface area contributed by atoms with Crippen LogP contribution >= 0.6 is 0 Å². The van der Waals surface area contributed by atoms with Gasteiger partial charge < -0.3 is 20.1 Å².